The lowest BCUT2D eigenvalue weighted by molar-refractivity contribution is -0.115. The minimum Gasteiger partial charge on any atom is -0.414 e. The van der Waals surface area contributed by atoms with Crippen molar-refractivity contribution < 1.29 is 4.43 Å². The van der Waals surface area contributed by atoms with Gasteiger partial charge in [0.2, 0.25) is 0 Å². The van der Waals surface area contributed by atoms with Gasteiger partial charge in [-0.3, -0.25) is 0 Å². The minimum absolute atomic E-state index is 0.322. The van der Waals surface area contributed by atoms with E-state index in [9.17, 15) is 0 Å². The number of allylic oxidation sites excluding steroid dienone is 2. The van der Waals surface area contributed by atoms with Crippen LogP contribution >= 0.6 is 15.9 Å². The maximum atomic E-state index is 6.90. The molecule has 1 unspecified atom stereocenters. The van der Waals surface area contributed by atoms with Crippen LogP contribution in [0.15, 0.2) is 10.6 Å². The van der Waals surface area contributed by atoms with E-state index in [0.29, 0.717) is 22.0 Å². The van der Waals surface area contributed by atoms with Crippen LogP contribution in [0.3, 0.4) is 0 Å². The highest BCUT2D eigenvalue weighted by molar-refractivity contribution is 9.11. The summed E-state index contributed by atoms with van der Waals surface area (Å²) in [5, 5.41) is 0.322. The summed E-state index contributed by atoms with van der Waals surface area (Å²) in [7, 11) is -1.66. The van der Waals surface area contributed by atoms with Crippen LogP contribution in [0.2, 0.25) is 18.1 Å². The Kier molecular flexibility index (Phi) is 5.37. The lowest BCUT2D eigenvalue weighted by Crippen LogP contribution is -2.54. The highest BCUT2D eigenvalue weighted by atomic mass is 79.9. The predicted molar refractivity (Wildman–Crippen MR) is 126 cm³/mol. The zero-order chi connectivity index (χ0) is 20.5. The molecule has 3 fully saturated rings. The lowest BCUT2D eigenvalue weighted by Gasteiger charge is -2.61. The Morgan fingerprint density at radius 1 is 1.04 bits per heavy atom. The van der Waals surface area contributed by atoms with E-state index in [0.717, 1.165) is 23.7 Å². The number of hydrogen-bond acceptors (Lipinski definition) is 1. The Bertz CT molecular complexity index is 649. The molecule has 0 aliphatic heterocycles. The highest BCUT2D eigenvalue weighted by Gasteiger charge is 2.58. The van der Waals surface area contributed by atoms with Crippen LogP contribution in [0.25, 0.3) is 0 Å². The van der Waals surface area contributed by atoms with Crippen LogP contribution in [0, 0.1) is 34.5 Å². The fraction of sp³-hybridized carbons (Fsp3) is 0.920. The summed E-state index contributed by atoms with van der Waals surface area (Å²) in [4.78, 5) is 0. The van der Waals surface area contributed by atoms with Gasteiger partial charge in [0, 0.05) is 11.5 Å². The van der Waals surface area contributed by atoms with E-state index >= 15 is 0 Å². The molecule has 4 rings (SSSR count). The molecule has 3 heteroatoms. The molecule has 0 amide bonds. The highest BCUT2D eigenvalue weighted by Crippen LogP contribution is 2.67. The van der Waals surface area contributed by atoms with Crippen LogP contribution in [0.5, 0.6) is 0 Å². The summed E-state index contributed by atoms with van der Waals surface area (Å²) >= 11 is 3.94. The Labute approximate surface area is 183 Å². The molecule has 0 bridgehead atoms. The topological polar surface area (TPSA) is 9.23 Å². The standard InChI is InChI=1S/C25H43BrOSi/c1-23(2,3)28(6,7)27-18-12-14-24(4)17(16-18)8-9-19-20-10-11-22(26)25(20,5)15-13-21(19)24/h11,17-21H,8-10,12-16H2,1-7H3/t17-,18-,19?,20-,21-,24-,25-/m0/s1. The molecule has 0 aromatic rings. The molecule has 4 aliphatic rings. The van der Waals surface area contributed by atoms with Crippen LogP contribution in [0.1, 0.15) is 86.0 Å². The predicted octanol–water partition coefficient (Wildman–Crippen LogP) is 8.31. The second kappa shape index (κ2) is 6.95. The van der Waals surface area contributed by atoms with Gasteiger partial charge in [0.15, 0.2) is 8.32 Å². The monoisotopic (exact) mass is 466 g/mol. The van der Waals surface area contributed by atoms with Gasteiger partial charge in [-0.15, -0.1) is 0 Å². The van der Waals surface area contributed by atoms with Crippen molar-refractivity contribution in [2.24, 2.45) is 34.5 Å². The van der Waals surface area contributed by atoms with E-state index < -0.39 is 8.32 Å². The maximum Gasteiger partial charge on any atom is 0.192 e. The number of fused-ring (bicyclic) bond motifs is 5. The first-order valence-electron chi connectivity index (χ1n) is 11.9. The fourth-order valence-corrected chi connectivity index (χ4v) is 9.51. The molecule has 160 valence electrons. The van der Waals surface area contributed by atoms with Gasteiger partial charge in [-0.1, -0.05) is 56.6 Å². The first-order valence-corrected chi connectivity index (χ1v) is 15.6. The zero-order valence-corrected chi connectivity index (χ0v) is 22.0. The first kappa shape index (κ1) is 21.6. The van der Waals surface area contributed by atoms with E-state index in [1.807, 2.05) is 0 Å². The van der Waals surface area contributed by atoms with Crippen LogP contribution in [0.4, 0.5) is 0 Å². The SMILES string of the molecule is CC(C)(C)[Si](C)(C)O[C@H]1CC[C@@]2(C)[C@@H](CCC3[C@@H]2CC[C@]2(C)C(Br)=CC[C@@H]32)C1. The van der Waals surface area contributed by atoms with Crippen molar-refractivity contribution in [2.75, 3.05) is 0 Å². The largest absolute Gasteiger partial charge is 0.414 e. The Hall–Kier alpha value is 0.397. The van der Waals surface area contributed by atoms with Crippen LogP contribution in [-0.4, -0.2) is 14.4 Å². The normalized spacial score (nSPS) is 46.4. The minimum atomic E-state index is -1.66. The molecular formula is C25H43BrOSi. The van der Waals surface area contributed by atoms with Gasteiger partial charge in [0.1, 0.15) is 0 Å². The third kappa shape index (κ3) is 3.25. The van der Waals surface area contributed by atoms with Gasteiger partial charge in [-0.25, -0.2) is 0 Å². The molecule has 7 atom stereocenters. The van der Waals surface area contributed by atoms with Crippen molar-refractivity contribution in [3.8, 4) is 0 Å². The van der Waals surface area contributed by atoms with Gasteiger partial charge in [-0.05, 0) is 103 Å². The van der Waals surface area contributed by atoms with Gasteiger partial charge in [0.05, 0.1) is 0 Å². The second-order valence-corrected chi connectivity index (χ2v) is 18.3. The third-order valence-electron chi connectivity index (χ3n) is 10.4. The molecular weight excluding hydrogens is 424 g/mol. The molecule has 3 saturated carbocycles. The van der Waals surface area contributed by atoms with Crippen molar-refractivity contribution in [1.29, 1.82) is 0 Å². The molecule has 4 aliphatic carbocycles. The van der Waals surface area contributed by atoms with E-state index in [4.69, 9.17) is 4.43 Å². The number of halogens is 1. The van der Waals surface area contributed by atoms with Gasteiger partial charge in [0.25, 0.3) is 0 Å². The molecule has 0 spiro atoms. The van der Waals surface area contributed by atoms with Crippen molar-refractivity contribution >= 4 is 24.2 Å². The van der Waals surface area contributed by atoms with Crippen molar-refractivity contribution in [3.63, 3.8) is 0 Å². The van der Waals surface area contributed by atoms with Gasteiger partial charge < -0.3 is 4.43 Å². The molecule has 0 saturated heterocycles. The quantitative estimate of drug-likeness (QED) is 0.371. The summed E-state index contributed by atoms with van der Waals surface area (Å²) in [6.07, 6.45) is 14.1. The summed E-state index contributed by atoms with van der Waals surface area (Å²) < 4.78 is 8.41. The average Bonchev–Trinajstić information content (AvgIpc) is 2.89. The average molecular weight is 468 g/mol. The Morgan fingerprint density at radius 2 is 1.75 bits per heavy atom. The zero-order valence-electron chi connectivity index (χ0n) is 19.4. The maximum absolute atomic E-state index is 6.90. The van der Waals surface area contributed by atoms with E-state index in [2.05, 4.69) is 69.7 Å². The first-order chi connectivity index (χ1) is 12.9. The summed E-state index contributed by atoms with van der Waals surface area (Å²) in [5.74, 6) is 3.67. The van der Waals surface area contributed by atoms with E-state index in [-0.39, 0.29) is 0 Å². The van der Waals surface area contributed by atoms with Gasteiger partial charge >= 0.3 is 0 Å². The summed E-state index contributed by atoms with van der Waals surface area (Å²) in [5.41, 5.74) is 1.000. The van der Waals surface area contributed by atoms with Crippen LogP contribution in [-0.2, 0) is 4.43 Å². The molecule has 1 nitrogen and oxygen atoms in total. The number of hydrogen-bond donors (Lipinski definition) is 0. The molecule has 28 heavy (non-hydrogen) atoms. The molecule has 0 heterocycles. The Morgan fingerprint density at radius 3 is 2.43 bits per heavy atom. The summed E-state index contributed by atoms with van der Waals surface area (Å²) in [6, 6.07) is 0. The van der Waals surface area contributed by atoms with Gasteiger partial charge in [-0.2, -0.15) is 0 Å². The smallest absolute Gasteiger partial charge is 0.192 e. The Balaban J connectivity index is 1.48. The molecule has 0 radical (unpaired) electrons. The van der Waals surface area contributed by atoms with E-state index in [1.165, 1.54) is 55.8 Å². The lowest BCUT2D eigenvalue weighted by atomic mass is 9.45. The molecule has 0 aromatic carbocycles. The third-order valence-corrected chi connectivity index (χ3v) is 16.1. The van der Waals surface area contributed by atoms with Crippen LogP contribution < -0.4 is 0 Å². The van der Waals surface area contributed by atoms with Crippen molar-refractivity contribution in [2.45, 2.75) is 110 Å². The van der Waals surface area contributed by atoms with Crippen molar-refractivity contribution in [1.82, 2.24) is 0 Å². The fourth-order valence-electron chi connectivity index (χ4n) is 7.43. The molecule has 0 N–H and O–H groups in total. The van der Waals surface area contributed by atoms with Crippen molar-refractivity contribution in [3.05, 3.63) is 10.6 Å². The van der Waals surface area contributed by atoms with E-state index in [1.54, 1.807) is 0 Å². The molecule has 0 aromatic heterocycles. The second-order valence-electron chi connectivity index (χ2n) is 12.7. The number of rotatable bonds is 2. The summed E-state index contributed by atoms with van der Waals surface area (Å²) in [6.45, 7) is 17.2.